The van der Waals surface area contributed by atoms with E-state index in [2.05, 4.69) is 45.0 Å². The van der Waals surface area contributed by atoms with Crippen molar-refractivity contribution in [1.29, 1.82) is 0 Å². The third kappa shape index (κ3) is 4.60. The molecule has 2 unspecified atom stereocenters. The lowest BCUT2D eigenvalue weighted by atomic mass is 10.1. The fourth-order valence-electron chi connectivity index (χ4n) is 4.84. The molecule has 3 aliphatic rings. The number of aryl methyl sites for hydroxylation is 1. The van der Waals surface area contributed by atoms with Crippen LogP contribution in [0.2, 0.25) is 0 Å². The molecule has 2 saturated heterocycles. The number of anilines is 1. The second-order valence-electron chi connectivity index (χ2n) is 8.88. The zero-order valence-electron chi connectivity index (χ0n) is 19.8. The van der Waals surface area contributed by atoms with Gasteiger partial charge in [0.2, 0.25) is 0 Å². The Hall–Kier alpha value is -2.22. The lowest BCUT2D eigenvalue weighted by molar-refractivity contribution is 0.0949. The average molecular weight is 454 g/mol. The van der Waals surface area contributed by atoms with Gasteiger partial charge in [-0.15, -0.1) is 11.3 Å². The molecule has 7 heteroatoms. The smallest absolute Gasteiger partial charge is 0.263 e. The highest BCUT2D eigenvalue weighted by molar-refractivity contribution is 7.21. The van der Waals surface area contributed by atoms with E-state index >= 15 is 0 Å². The summed E-state index contributed by atoms with van der Waals surface area (Å²) in [5.74, 6) is 0.0110. The predicted octanol–water partition coefficient (Wildman–Crippen LogP) is 4.38. The Morgan fingerprint density at radius 1 is 1.09 bits per heavy atom. The van der Waals surface area contributed by atoms with E-state index in [0.717, 1.165) is 55.9 Å². The van der Waals surface area contributed by atoms with Crippen LogP contribution in [0.3, 0.4) is 0 Å². The van der Waals surface area contributed by atoms with Gasteiger partial charge in [0.15, 0.2) is 0 Å². The zero-order valence-corrected chi connectivity index (χ0v) is 20.6. The number of likely N-dealkylation sites (tertiary alicyclic amines) is 1. The second kappa shape index (κ2) is 9.73. The molecule has 6 rings (SSSR count). The number of hydrogen-bond donors (Lipinski definition) is 3. The highest BCUT2D eigenvalue weighted by Gasteiger charge is 2.30. The van der Waals surface area contributed by atoms with Crippen LogP contribution in [0.25, 0.3) is 21.0 Å². The quantitative estimate of drug-likeness (QED) is 0.471. The first kappa shape index (κ1) is 23.0. The van der Waals surface area contributed by atoms with Gasteiger partial charge >= 0.3 is 0 Å². The molecular weight excluding hydrogens is 418 g/mol. The summed E-state index contributed by atoms with van der Waals surface area (Å²) in [6.45, 7) is 11.3. The van der Waals surface area contributed by atoms with Gasteiger partial charge in [-0.25, -0.2) is 0 Å². The van der Waals surface area contributed by atoms with Gasteiger partial charge in [0, 0.05) is 58.9 Å². The highest BCUT2D eigenvalue weighted by Crippen LogP contribution is 2.40. The van der Waals surface area contributed by atoms with Crippen molar-refractivity contribution in [3.63, 3.8) is 0 Å². The second-order valence-corrected chi connectivity index (χ2v) is 9.93. The van der Waals surface area contributed by atoms with Crippen molar-refractivity contribution in [2.45, 2.75) is 58.7 Å². The number of piperazine rings is 1. The number of carbonyl (C=O) groups is 1. The average Bonchev–Trinajstić information content (AvgIpc) is 3.29. The van der Waals surface area contributed by atoms with Crippen molar-refractivity contribution in [1.82, 2.24) is 20.5 Å². The monoisotopic (exact) mass is 453 g/mol. The molecule has 0 aliphatic carbocycles. The maximum atomic E-state index is 12.3. The Morgan fingerprint density at radius 2 is 1.81 bits per heavy atom. The van der Waals surface area contributed by atoms with Gasteiger partial charge < -0.3 is 20.9 Å². The Labute approximate surface area is 194 Å². The molecule has 3 N–H and O–H groups in total. The molecule has 3 aliphatic heterocycles. The molecule has 1 amide bonds. The summed E-state index contributed by atoms with van der Waals surface area (Å²) in [5.41, 5.74) is 2.93. The molecule has 32 heavy (non-hydrogen) atoms. The van der Waals surface area contributed by atoms with Crippen LogP contribution in [-0.2, 0) is 0 Å². The summed E-state index contributed by atoms with van der Waals surface area (Å²) in [4.78, 5) is 20.1. The molecule has 2 aromatic heterocycles. The van der Waals surface area contributed by atoms with Crippen molar-refractivity contribution >= 4 is 43.9 Å². The molecule has 0 saturated carbocycles. The SMILES string of the molecule is CC.CN1CC2CCC(C1)N2.Cc1ccc2c(ccc3sc4c(c32)NC[C@@H](C)NC4=O)n1. The molecule has 0 spiro atoms. The molecule has 172 valence electrons. The van der Waals surface area contributed by atoms with E-state index < -0.39 is 0 Å². The minimum absolute atomic E-state index is 0.0110. The number of carbonyl (C=O) groups excluding carboxylic acids is 1. The summed E-state index contributed by atoms with van der Waals surface area (Å²) in [7, 11) is 2.21. The Balaban J connectivity index is 0.000000185. The standard InChI is InChI=1S/C16H15N3OS.C7H14N2.C2H6/c1-8-3-4-10-11(18-8)5-6-12-13(10)14-15(21-12)16(20)19-9(2)7-17-14;1-9-4-6-2-3-7(5-9)8-6;1-2/h3-6,9,17H,7H2,1-2H3,(H,19,20);6-8H,2-5H2,1H3;1-2H3/t9-;;/m1../s1. The molecule has 5 heterocycles. The van der Waals surface area contributed by atoms with Gasteiger partial charge in [0.1, 0.15) is 4.88 Å². The van der Waals surface area contributed by atoms with Crippen LogP contribution in [0.15, 0.2) is 24.3 Å². The fraction of sp³-hybridized carbons (Fsp3) is 0.520. The highest BCUT2D eigenvalue weighted by atomic mass is 32.1. The first-order valence-electron chi connectivity index (χ1n) is 11.8. The third-order valence-electron chi connectivity index (χ3n) is 6.23. The summed E-state index contributed by atoms with van der Waals surface area (Å²) in [5, 5.41) is 12.2. The van der Waals surface area contributed by atoms with Crippen LogP contribution in [-0.4, -0.2) is 60.6 Å². The van der Waals surface area contributed by atoms with E-state index in [9.17, 15) is 4.79 Å². The lowest BCUT2D eigenvalue weighted by Gasteiger charge is -2.29. The number of nitrogens with one attached hydrogen (secondary N) is 3. The number of rotatable bonds is 0. The first-order valence-corrected chi connectivity index (χ1v) is 12.6. The maximum Gasteiger partial charge on any atom is 0.263 e. The van der Waals surface area contributed by atoms with E-state index in [0.29, 0.717) is 0 Å². The molecule has 3 aromatic rings. The number of likely N-dealkylation sites (N-methyl/N-ethyl adjacent to an activating group) is 1. The summed E-state index contributed by atoms with van der Waals surface area (Å²) < 4.78 is 1.12. The van der Waals surface area contributed by atoms with Crippen molar-refractivity contribution in [2.75, 3.05) is 32.0 Å². The predicted molar refractivity (Wildman–Crippen MR) is 136 cm³/mol. The molecular formula is C25H35N5OS. The number of fused-ring (bicyclic) bond motifs is 7. The maximum absolute atomic E-state index is 12.3. The summed E-state index contributed by atoms with van der Waals surface area (Å²) in [6, 6.07) is 9.96. The Morgan fingerprint density at radius 3 is 2.53 bits per heavy atom. The van der Waals surface area contributed by atoms with Crippen LogP contribution in [0.4, 0.5) is 5.69 Å². The number of aromatic nitrogens is 1. The van der Waals surface area contributed by atoms with Crippen LogP contribution in [0, 0.1) is 6.92 Å². The minimum Gasteiger partial charge on any atom is -0.381 e. The van der Waals surface area contributed by atoms with Crippen molar-refractivity contribution in [2.24, 2.45) is 0 Å². The number of thiophene rings is 1. The molecule has 2 fully saturated rings. The van der Waals surface area contributed by atoms with E-state index in [1.807, 2.05) is 39.8 Å². The number of nitrogens with zero attached hydrogens (tertiary/aromatic N) is 2. The summed E-state index contributed by atoms with van der Waals surface area (Å²) in [6.07, 6.45) is 2.80. The Bertz CT molecular complexity index is 1100. The molecule has 2 bridgehead atoms. The van der Waals surface area contributed by atoms with Crippen LogP contribution in [0.1, 0.15) is 49.0 Å². The van der Waals surface area contributed by atoms with Crippen LogP contribution >= 0.6 is 11.3 Å². The Kier molecular flexibility index (Phi) is 6.98. The number of pyridine rings is 1. The van der Waals surface area contributed by atoms with E-state index in [1.165, 1.54) is 37.3 Å². The van der Waals surface area contributed by atoms with Gasteiger partial charge in [0.05, 0.1) is 11.2 Å². The van der Waals surface area contributed by atoms with Crippen LogP contribution < -0.4 is 16.0 Å². The number of hydrogen-bond acceptors (Lipinski definition) is 6. The van der Waals surface area contributed by atoms with Gasteiger partial charge in [-0.2, -0.15) is 0 Å². The van der Waals surface area contributed by atoms with Gasteiger partial charge in [-0.05, 0) is 51.9 Å². The van der Waals surface area contributed by atoms with Crippen LogP contribution in [0.5, 0.6) is 0 Å². The molecule has 6 nitrogen and oxygen atoms in total. The van der Waals surface area contributed by atoms with Crippen molar-refractivity contribution in [3.05, 3.63) is 34.8 Å². The number of benzene rings is 1. The van der Waals surface area contributed by atoms with Gasteiger partial charge in [-0.3, -0.25) is 9.78 Å². The van der Waals surface area contributed by atoms with Gasteiger partial charge in [-0.1, -0.05) is 19.9 Å². The first-order chi connectivity index (χ1) is 15.5. The van der Waals surface area contributed by atoms with Crippen molar-refractivity contribution in [3.8, 4) is 0 Å². The zero-order chi connectivity index (χ0) is 22.8. The van der Waals surface area contributed by atoms with E-state index in [1.54, 1.807) is 0 Å². The van der Waals surface area contributed by atoms with E-state index in [-0.39, 0.29) is 11.9 Å². The summed E-state index contributed by atoms with van der Waals surface area (Å²) >= 11 is 1.54. The third-order valence-corrected chi connectivity index (χ3v) is 7.38. The lowest BCUT2D eigenvalue weighted by Crippen LogP contribution is -2.49. The topological polar surface area (TPSA) is 69.3 Å². The van der Waals surface area contributed by atoms with E-state index in [4.69, 9.17) is 0 Å². The minimum atomic E-state index is 0.0110. The fourth-order valence-corrected chi connectivity index (χ4v) is 5.94. The largest absolute Gasteiger partial charge is 0.381 e. The normalized spacial score (nSPS) is 24.4. The van der Waals surface area contributed by atoms with Gasteiger partial charge in [0.25, 0.3) is 5.91 Å². The number of amides is 1. The molecule has 0 radical (unpaired) electrons. The molecule has 1 aromatic carbocycles. The van der Waals surface area contributed by atoms with Crippen molar-refractivity contribution < 1.29 is 4.79 Å². The molecule has 3 atom stereocenters.